The Morgan fingerprint density at radius 3 is 2.94 bits per heavy atom. The van der Waals surface area contributed by atoms with Gasteiger partial charge in [-0.1, -0.05) is 0 Å². The summed E-state index contributed by atoms with van der Waals surface area (Å²) in [5, 5.41) is 1.06. The molecule has 2 aromatic rings. The zero-order valence-corrected chi connectivity index (χ0v) is 11.2. The summed E-state index contributed by atoms with van der Waals surface area (Å²) in [5.74, 6) is 0.946. The van der Waals surface area contributed by atoms with Gasteiger partial charge in [-0.15, -0.1) is 0 Å². The highest BCUT2D eigenvalue weighted by atomic mass is 32.1. The Balaban J connectivity index is 2.31. The second-order valence-corrected chi connectivity index (χ2v) is 5.08. The molecule has 2 rings (SSSR count). The number of fused-ring (bicyclic) bond motifs is 1. The Morgan fingerprint density at radius 1 is 1.47 bits per heavy atom. The van der Waals surface area contributed by atoms with E-state index >= 15 is 0 Å². The number of hydrogen-bond acceptors (Lipinski definition) is 6. The van der Waals surface area contributed by atoms with Gasteiger partial charge in [-0.25, -0.2) is 9.97 Å². The van der Waals surface area contributed by atoms with Crippen molar-refractivity contribution in [3.8, 4) is 0 Å². The molecule has 0 fully saturated rings. The first-order valence-corrected chi connectivity index (χ1v) is 6.40. The standard InChI is InChI=1S/C11H17N5S/c1-7(12)4-5-16(3)10-9-8(2)15-17-11(9)14-6-13-10/h6-7H,4-5,12H2,1-3H3. The molecule has 0 aromatic carbocycles. The molecule has 0 saturated carbocycles. The molecule has 0 aliphatic rings. The first-order chi connectivity index (χ1) is 8.09. The molecule has 1 unspecified atom stereocenters. The Morgan fingerprint density at radius 2 is 2.24 bits per heavy atom. The largest absolute Gasteiger partial charge is 0.359 e. The van der Waals surface area contributed by atoms with Crippen LogP contribution in [0.4, 0.5) is 5.82 Å². The van der Waals surface area contributed by atoms with Gasteiger partial charge in [0.1, 0.15) is 17.0 Å². The van der Waals surface area contributed by atoms with Gasteiger partial charge in [0.2, 0.25) is 0 Å². The van der Waals surface area contributed by atoms with E-state index in [0.29, 0.717) is 0 Å². The van der Waals surface area contributed by atoms with Gasteiger partial charge in [-0.05, 0) is 31.8 Å². The van der Waals surface area contributed by atoms with Crippen molar-refractivity contribution >= 4 is 27.6 Å². The lowest BCUT2D eigenvalue weighted by Gasteiger charge is -2.19. The van der Waals surface area contributed by atoms with Crippen molar-refractivity contribution in [2.45, 2.75) is 26.3 Å². The topological polar surface area (TPSA) is 67.9 Å². The number of anilines is 1. The summed E-state index contributed by atoms with van der Waals surface area (Å²) in [6.07, 6.45) is 2.54. The van der Waals surface area contributed by atoms with Gasteiger partial charge < -0.3 is 10.6 Å². The second kappa shape index (κ2) is 4.93. The van der Waals surface area contributed by atoms with Crippen LogP contribution in [0.3, 0.4) is 0 Å². The van der Waals surface area contributed by atoms with E-state index in [0.717, 1.165) is 34.7 Å². The summed E-state index contributed by atoms with van der Waals surface area (Å²) in [4.78, 5) is 11.7. The van der Waals surface area contributed by atoms with Crippen LogP contribution in [0.25, 0.3) is 10.2 Å². The highest BCUT2D eigenvalue weighted by molar-refractivity contribution is 7.13. The molecule has 0 saturated heterocycles. The minimum atomic E-state index is 0.205. The average molecular weight is 251 g/mol. The molecule has 17 heavy (non-hydrogen) atoms. The highest BCUT2D eigenvalue weighted by Crippen LogP contribution is 2.27. The van der Waals surface area contributed by atoms with Gasteiger partial charge in [0, 0.05) is 19.6 Å². The quantitative estimate of drug-likeness (QED) is 0.893. The third kappa shape index (κ3) is 2.53. The maximum atomic E-state index is 5.77. The number of nitrogens with two attached hydrogens (primary N) is 1. The molecule has 92 valence electrons. The molecule has 2 heterocycles. The van der Waals surface area contributed by atoms with E-state index in [1.165, 1.54) is 11.5 Å². The summed E-state index contributed by atoms with van der Waals surface area (Å²) in [5.41, 5.74) is 6.77. The highest BCUT2D eigenvalue weighted by Gasteiger charge is 2.13. The van der Waals surface area contributed by atoms with Crippen LogP contribution < -0.4 is 10.6 Å². The SMILES string of the molecule is Cc1nsc2ncnc(N(C)CCC(C)N)c12. The predicted molar refractivity (Wildman–Crippen MR) is 71.5 cm³/mol. The van der Waals surface area contributed by atoms with Crippen LogP contribution in [0, 0.1) is 6.92 Å². The van der Waals surface area contributed by atoms with Crippen molar-refractivity contribution < 1.29 is 0 Å². The number of aryl methyl sites for hydroxylation is 1. The van der Waals surface area contributed by atoms with E-state index in [4.69, 9.17) is 5.73 Å². The first-order valence-electron chi connectivity index (χ1n) is 5.63. The molecule has 0 amide bonds. The normalized spacial score (nSPS) is 12.9. The molecule has 2 N–H and O–H groups in total. The minimum Gasteiger partial charge on any atom is -0.359 e. The molecule has 0 radical (unpaired) electrons. The van der Waals surface area contributed by atoms with E-state index in [9.17, 15) is 0 Å². The smallest absolute Gasteiger partial charge is 0.149 e. The van der Waals surface area contributed by atoms with Gasteiger partial charge in [0.25, 0.3) is 0 Å². The van der Waals surface area contributed by atoms with Crippen LogP contribution in [-0.2, 0) is 0 Å². The Bertz CT molecular complexity index is 508. The van der Waals surface area contributed by atoms with E-state index in [1.54, 1.807) is 6.33 Å². The van der Waals surface area contributed by atoms with Crippen LogP contribution in [0.1, 0.15) is 19.0 Å². The number of hydrogen-bond donors (Lipinski definition) is 1. The molecule has 1 atom stereocenters. The summed E-state index contributed by atoms with van der Waals surface area (Å²) >= 11 is 1.42. The predicted octanol–water partition coefficient (Wildman–Crippen LogP) is 1.57. The van der Waals surface area contributed by atoms with E-state index in [1.807, 2.05) is 20.9 Å². The average Bonchev–Trinajstić information content (AvgIpc) is 2.68. The molecule has 0 spiro atoms. The maximum absolute atomic E-state index is 5.77. The van der Waals surface area contributed by atoms with Gasteiger partial charge in [-0.3, -0.25) is 0 Å². The molecule has 2 aromatic heterocycles. The monoisotopic (exact) mass is 251 g/mol. The minimum absolute atomic E-state index is 0.205. The lowest BCUT2D eigenvalue weighted by Crippen LogP contribution is -2.26. The van der Waals surface area contributed by atoms with Crippen molar-refractivity contribution in [3.05, 3.63) is 12.0 Å². The molecular formula is C11H17N5S. The molecule has 0 aliphatic heterocycles. The lowest BCUT2D eigenvalue weighted by molar-refractivity contribution is 0.657. The Kier molecular flexibility index (Phi) is 3.54. The fourth-order valence-electron chi connectivity index (χ4n) is 1.70. The van der Waals surface area contributed by atoms with Gasteiger partial charge >= 0.3 is 0 Å². The third-order valence-electron chi connectivity index (χ3n) is 2.70. The third-order valence-corrected chi connectivity index (χ3v) is 3.55. The number of nitrogens with zero attached hydrogens (tertiary/aromatic N) is 4. The molecule has 0 aliphatic carbocycles. The van der Waals surface area contributed by atoms with Crippen LogP contribution in [0.15, 0.2) is 6.33 Å². The zero-order valence-electron chi connectivity index (χ0n) is 10.3. The molecule has 6 heteroatoms. The second-order valence-electron chi connectivity index (χ2n) is 4.33. The van der Waals surface area contributed by atoms with Crippen LogP contribution in [-0.4, -0.2) is 34.0 Å². The van der Waals surface area contributed by atoms with Crippen molar-refractivity contribution in [2.75, 3.05) is 18.5 Å². The Labute approximate surface area is 105 Å². The maximum Gasteiger partial charge on any atom is 0.149 e. The summed E-state index contributed by atoms with van der Waals surface area (Å²) in [7, 11) is 2.03. The van der Waals surface area contributed by atoms with E-state index < -0.39 is 0 Å². The molecule has 0 bridgehead atoms. The van der Waals surface area contributed by atoms with E-state index in [2.05, 4.69) is 19.2 Å². The molecule has 5 nitrogen and oxygen atoms in total. The summed E-state index contributed by atoms with van der Waals surface area (Å²) in [6, 6.07) is 0.205. The number of aromatic nitrogens is 3. The van der Waals surface area contributed by atoms with Crippen molar-refractivity contribution in [1.29, 1.82) is 0 Å². The number of rotatable bonds is 4. The lowest BCUT2D eigenvalue weighted by atomic mass is 10.2. The summed E-state index contributed by atoms with van der Waals surface area (Å²) < 4.78 is 4.32. The van der Waals surface area contributed by atoms with Gasteiger partial charge in [-0.2, -0.15) is 4.37 Å². The zero-order chi connectivity index (χ0) is 12.4. The van der Waals surface area contributed by atoms with Crippen LogP contribution in [0.5, 0.6) is 0 Å². The summed E-state index contributed by atoms with van der Waals surface area (Å²) in [6.45, 7) is 4.89. The Hall–Kier alpha value is -1.27. The van der Waals surface area contributed by atoms with Crippen molar-refractivity contribution in [1.82, 2.24) is 14.3 Å². The van der Waals surface area contributed by atoms with E-state index in [-0.39, 0.29) is 6.04 Å². The van der Waals surface area contributed by atoms with Gasteiger partial charge in [0.05, 0.1) is 11.1 Å². The fourth-order valence-corrected chi connectivity index (χ4v) is 2.44. The van der Waals surface area contributed by atoms with Gasteiger partial charge in [0.15, 0.2) is 0 Å². The molecular weight excluding hydrogens is 234 g/mol. The fraction of sp³-hybridized carbons (Fsp3) is 0.545. The van der Waals surface area contributed by atoms with Crippen LogP contribution >= 0.6 is 11.5 Å². The van der Waals surface area contributed by atoms with Crippen LogP contribution in [0.2, 0.25) is 0 Å². The van der Waals surface area contributed by atoms with Crippen molar-refractivity contribution in [3.63, 3.8) is 0 Å². The first kappa shape index (κ1) is 12.2. The van der Waals surface area contributed by atoms with Crippen molar-refractivity contribution in [2.24, 2.45) is 5.73 Å².